The van der Waals surface area contributed by atoms with Gasteiger partial charge in [-0.15, -0.1) is 0 Å². The average Bonchev–Trinajstić information content (AvgIpc) is 2.15. The fourth-order valence-corrected chi connectivity index (χ4v) is 3.40. The van der Waals surface area contributed by atoms with E-state index in [0.29, 0.717) is 0 Å². The van der Waals surface area contributed by atoms with Crippen molar-refractivity contribution in [1.29, 1.82) is 0 Å². The summed E-state index contributed by atoms with van der Waals surface area (Å²) in [7, 11) is -3.55. The molecule has 0 fully saturated rings. The average molecular weight is 322 g/mol. The Balaban J connectivity index is 3.06. The molecular formula is C11H16BrNO3S. The number of nitrogens with two attached hydrogens (primary N) is 1. The third-order valence-corrected chi connectivity index (χ3v) is 4.78. The van der Waals surface area contributed by atoms with E-state index in [4.69, 9.17) is 5.73 Å². The summed E-state index contributed by atoms with van der Waals surface area (Å²) in [5.74, 6) is -0.419. The smallest absolute Gasteiger partial charge is 0.182 e. The van der Waals surface area contributed by atoms with E-state index >= 15 is 0 Å². The first-order valence-corrected chi connectivity index (χ1v) is 7.64. The van der Waals surface area contributed by atoms with Crippen LogP contribution in [-0.2, 0) is 9.84 Å². The summed E-state index contributed by atoms with van der Waals surface area (Å²) in [6.45, 7) is 3.54. The molecule has 6 heteroatoms. The van der Waals surface area contributed by atoms with Gasteiger partial charge >= 0.3 is 0 Å². The molecule has 0 spiro atoms. The summed E-state index contributed by atoms with van der Waals surface area (Å²) < 4.78 is 24.8. The van der Waals surface area contributed by atoms with Crippen LogP contribution in [0.4, 0.5) is 5.69 Å². The second-order valence-corrected chi connectivity index (χ2v) is 7.19. The number of sulfone groups is 1. The number of rotatable bonds is 4. The van der Waals surface area contributed by atoms with Gasteiger partial charge < -0.3 is 10.8 Å². The first-order valence-electron chi connectivity index (χ1n) is 5.20. The molecule has 0 bridgehead atoms. The standard InChI is InChI=1S/C11H16BrNO3S/c1-7(2)10(14)6-17(15,16)11-4-3-8(12)5-9(11)13/h3-5,7,10,14H,6,13H2,1-2H3. The molecule has 0 aliphatic rings. The van der Waals surface area contributed by atoms with Gasteiger partial charge in [-0.05, 0) is 24.1 Å². The highest BCUT2D eigenvalue weighted by Gasteiger charge is 2.23. The third-order valence-electron chi connectivity index (χ3n) is 2.47. The maximum Gasteiger partial charge on any atom is 0.182 e. The van der Waals surface area contributed by atoms with E-state index in [-0.39, 0.29) is 22.3 Å². The largest absolute Gasteiger partial charge is 0.398 e. The zero-order valence-corrected chi connectivity index (χ0v) is 12.1. The quantitative estimate of drug-likeness (QED) is 0.829. The highest BCUT2D eigenvalue weighted by atomic mass is 79.9. The molecule has 0 radical (unpaired) electrons. The Bertz CT molecular complexity index is 499. The van der Waals surface area contributed by atoms with Gasteiger partial charge in [0.2, 0.25) is 0 Å². The van der Waals surface area contributed by atoms with Crippen molar-refractivity contribution in [2.45, 2.75) is 24.8 Å². The fraction of sp³-hybridized carbons (Fsp3) is 0.455. The highest BCUT2D eigenvalue weighted by molar-refractivity contribution is 9.10. The van der Waals surface area contributed by atoms with Crippen LogP contribution in [0.25, 0.3) is 0 Å². The van der Waals surface area contributed by atoms with Crippen molar-refractivity contribution in [3.8, 4) is 0 Å². The molecule has 0 aliphatic carbocycles. The van der Waals surface area contributed by atoms with Gasteiger partial charge in [0.05, 0.1) is 22.4 Å². The van der Waals surface area contributed by atoms with Gasteiger partial charge in [-0.3, -0.25) is 0 Å². The van der Waals surface area contributed by atoms with Crippen molar-refractivity contribution in [2.24, 2.45) is 5.92 Å². The molecule has 0 amide bonds. The predicted octanol–water partition coefficient (Wildman–Crippen LogP) is 1.82. The summed E-state index contributed by atoms with van der Waals surface area (Å²) in [4.78, 5) is 0.0698. The first-order chi connectivity index (χ1) is 7.74. The van der Waals surface area contributed by atoms with E-state index in [2.05, 4.69) is 15.9 Å². The Morgan fingerprint density at radius 1 is 1.41 bits per heavy atom. The number of halogens is 1. The molecule has 1 unspecified atom stereocenters. The van der Waals surface area contributed by atoms with Gasteiger partial charge in [-0.1, -0.05) is 29.8 Å². The normalized spacial score (nSPS) is 13.9. The van der Waals surface area contributed by atoms with Crippen LogP contribution in [0.15, 0.2) is 27.6 Å². The van der Waals surface area contributed by atoms with Crippen LogP contribution in [0.3, 0.4) is 0 Å². The Morgan fingerprint density at radius 2 is 2.00 bits per heavy atom. The molecule has 0 heterocycles. The monoisotopic (exact) mass is 321 g/mol. The van der Waals surface area contributed by atoms with Gasteiger partial charge in [-0.2, -0.15) is 0 Å². The number of aliphatic hydroxyl groups is 1. The predicted molar refractivity (Wildman–Crippen MR) is 71.5 cm³/mol. The minimum atomic E-state index is -3.55. The highest BCUT2D eigenvalue weighted by Crippen LogP contribution is 2.24. The Labute approximate surface area is 110 Å². The van der Waals surface area contributed by atoms with Crippen LogP contribution in [-0.4, -0.2) is 25.4 Å². The van der Waals surface area contributed by atoms with Crippen LogP contribution in [0.2, 0.25) is 0 Å². The number of anilines is 1. The van der Waals surface area contributed by atoms with Gasteiger partial charge in [0.15, 0.2) is 9.84 Å². The number of hydrogen-bond donors (Lipinski definition) is 2. The molecule has 0 saturated heterocycles. The summed E-state index contributed by atoms with van der Waals surface area (Å²) in [5.41, 5.74) is 5.86. The van der Waals surface area contributed by atoms with Crippen LogP contribution in [0.1, 0.15) is 13.8 Å². The number of aliphatic hydroxyl groups excluding tert-OH is 1. The summed E-state index contributed by atoms with van der Waals surface area (Å²) in [6, 6.07) is 4.60. The van der Waals surface area contributed by atoms with Crippen molar-refractivity contribution in [3.63, 3.8) is 0 Å². The minimum absolute atomic E-state index is 0.0698. The lowest BCUT2D eigenvalue weighted by Crippen LogP contribution is -2.26. The Morgan fingerprint density at radius 3 is 2.47 bits per heavy atom. The van der Waals surface area contributed by atoms with Crippen LogP contribution in [0.5, 0.6) is 0 Å². The van der Waals surface area contributed by atoms with Crippen LogP contribution >= 0.6 is 15.9 Å². The molecule has 3 N–H and O–H groups in total. The summed E-state index contributed by atoms with van der Waals surface area (Å²) in [6.07, 6.45) is -0.886. The lowest BCUT2D eigenvalue weighted by atomic mass is 10.1. The van der Waals surface area contributed by atoms with Crippen molar-refractivity contribution in [3.05, 3.63) is 22.7 Å². The topological polar surface area (TPSA) is 80.4 Å². The summed E-state index contributed by atoms with van der Waals surface area (Å²) in [5, 5.41) is 9.64. The molecule has 1 atom stereocenters. The maximum atomic E-state index is 12.0. The number of hydrogen-bond acceptors (Lipinski definition) is 4. The van der Waals surface area contributed by atoms with Gasteiger partial charge in [0.1, 0.15) is 0 Å². The summed E-state index contributed by atoms with van der Waals surface area (Å²) >= 11 is 3.21. The van der Waals surface area contributed by atoms with Crippen LogP contribution < -0.4 is 5.73 Å². The molecule has 96 valence electrons. The molecule has 1 rings (SSSR count). The Kier molecular flexibility index (Phi) is 4.57. The van der Waals surface area contributed by atoms with Gasteiger partial charge in [0.25, 0.3) is 0 Å². The Hall–Kier alpha value is -0.590. The molecule has 1 aromatic carbocycles. The molecule has 1 aromatic rings. The van der Waals surface area contributed by atoms with Crippen molar-refractivity contribution in [2.75, 3.05) is 11.5 Å². The zero-order valence-electron chi connectivity index (χ0n) is 9.72. The number of benzene rings is 1. The third kappa shape index (κ3) is 3.69. The molecule has 0 saturated carbocycles. The lowest BCUT2D eigenvalue weighted by Gasteiger charge is -2.15. The molecule has 0 aromatic heterocycles. The lowest BCUT2D eigenvalue weighted by molar-refractivity contribution is 0.147. The fourth-order valence-electron chi connectivity index (χ4n) is 1.31. The van der Waals surface area contributed by atoms with Crippen molar-refractivity contribution >= 4 is 31.5 Å². The molecular weight excluding hydrogens is 306 g/mol. The van der Waals surface area contributed by atoms with Crippen LogP contribution in [0, 0.1) is 5.92 Å². The van der Waals surface area contributed by atoms with Gasteiger partial charge in [-0.25, -0.2) is 8.42 Å². The molecule has 0 aliphatic heterocycles. The van der Waals surface area contributed by atoms with E-state index in [1.807, 2.05) is 0 Å². The zero-order chi connectivity index (χ0) is 13.2. The molecule has 4 nitrogen and oxygen atoms in total. The van der Waals surface area contributed by atoms with E-state index in [1.54, 1.807) is 19.9 Å². The number of nitrogen functional groups attached to an aromatic ring is 1. The second-order valence-electron chi connectivity index (χ2n) is 4.27. The SMILES string of the molecule is CC(C)C(O)CS(=O)(=O)c1ccc(Br)cc1N. The van der Waals surface area contributed by atoms with E-state index in [1.165, 1.54) is 12.1 Å². The van der Waals surface area contributed by atoms with Gasteiger partial charge in [0, 0.05) is 4.47 Å². The second kappa shape index (κ2) is 5.37. The first kappa shape index (κ1) is 14.5. The van der Waals surface area contributed by atoms with E-state index in [0.717, 1.165) is 4.47 Å². The minimum Gasteiger partial charge on any atom is -0.398 e. The van der Waals surface area contributed by atoms with E-state index < -0.39 is 15.9 Å². The van der Waals surface area contributed by atoms with E-state index in [9.17, 15) is 13.5 Å². The maximum absolute atomic E-state index is 12.0. The van der Waals surface area contributed by atoms with Crippen molar-refractivity contribution in [1.82, 2.24) is 0 Å². The molecule has 17 heavy (non-hydrogen) atoms. The van der Waals surface area contributed by atoms with Crippen molar-refractivity contribution < 1.29 is 13.5 Å².